The molecule has 1 saturated heterocycles. The zero-order chi connectivity index (χ0) is 17.3. The van der Waals surface area contributed by atoms with Crippen molar-refractivity contribution in [2.75, 3.05) is 21.3 Å². The SMILES string of the molecule is COc1ccc([C@@H]2O[C@H]2C(=O)c2cc(OC)c(OC)cc2Br)cc1. The number of ketones is 1. The second-order valence-electron chi connectivity index (χ2n) is 5.30. The summed E-state index contributed by atoms with van der Waals surface area (Å²) in [5.41, 5.74) is 1.46. The van der Waals surface area contributed by atoms with Gasteiger partial charge in [-0.3, -0.25) is 4.79 Å². The van der Waals surface area contributed by atoms with Gasteiger partial charge in [0.05, 0.1) is 21.3 Å². The fourth-order valence-electron chi connectivity index (χ4n) is 2.56. The van der Waals surface area contributed by atoms with Gasteiger partial charge in [0.25, 0.3) is 0 Å². The van der Waals surface area contributed by atoms with Crippen LogP contribution in [0, 0.1) is 0 Å². The molecule has 0 amide bonds. The highest BCUT2D eigenvalue weighted by atomic mass is 79.9. The summed E-state index contributed by atoms with van der Waals surface area (Å²) >= 11 is 3.41. The fraction of sp³-hybridized carbons (Fsp3) is 0.278. The number of halogens is 1. The molecule has 2 aromatic carbocycles. The van der Waals surface area contributed by atoms with E-state index in [1.54, 1.807) is 26.4 Å². The van der Waals surface area contributed by atoms with E-state index in [2.05, 4.69) is 15.9 Å². The van der Waals surface area contributed by atoms with Crippen LogP contribution in [0.4, 0.5) is 0 Å². The van der Waals surface area contributed by atoms with E-state index in [4.69, 9.17) is 18.9 Å². The highest BCUT2D eigenvalue weighted by Crippen LogP contribution is 2.43. The van der Waals surface area contributed by atoms with Gasteiger partial charge in [-0.1, -0.05) is 12.1 Å². The van der Waals surface area contributed by atoms with Crippen LogP contribution in [0.2, 0.25) is 0 Å². The molecule has 1 fully saturated rings. The van der Waals surface area contributed by atoms with Crippen LogP contribution < -0.4 is 14.2 Å². The lowest BCUT2D eigenvalue weighted by Gasteiger charge is -2.10. The predicted octanol–water partition coefficient (Wildman–Crippen LogP) is 3.80. The van der Waals surface area contributed by atoms with Crippen molar-refractivity contribution in [2.24, 2.45) is 0 Å². The topological polar surface area (TPSA) is 57.3 Å². The van der Waals surface area contributed by atoms with Gasteiger partial charge in [-0.15, -0.1) is 0 Å². The lowest BCUT2D eigenvalue weighted by Crippen LogP contribution is -2.10. The van der Waals surface area contributed by atoms with Gasteiger partial charge in [0.15, 0.2) is 23.4 Å². The van der Waals surface area contributed by atoms with Gasteiger partial charge in [0.2, 0.25) is 0 Å². The normalized spacial score (nSPS) is 18.8. The minimum atomic E-state index is -0.493. The number of rotatable bonds is 6. The number of carbonyl (C=O) groups excluding carboxylic acids is 1. The standard InChI is InChI=1S/C18H17BrO5/c1-21-11-6-4-10(5-7-11)17-18(24-17)16(20)12-8-14(22-2)15(23-3)9-13(12)19/h4-9,17-18H,1-3H3/t17-,18-/m0/s1. The van der Waals surface area contributed by atoms with Crippen LogP contribution in [0.15, 0.2) is 40.9 Å². The van der Waals surface area contributed by atoms with Crippen molar-refractivity contribution in [2.45, 2.75) is 12.2 Å². The van der Waals surface area contributed by atoms with E-state index < -0.39 is 6.10 Å². The maximum absolute atomic E-state index is 12.7. The van der Waals surface area contributed by atoms with Crippen molar-refractivity contribution < 1.29 is 23.7 Å². The van der Waals surface area contributed by atoms with E-state index >= 15 is 0 Å². The number of Topliss-reactive ketones (excluding diaryl/α,β-unsaturated/α-hetero) is 1. The first-order valence-electron chi connectivity index (χ1n) is 7.34. The molecule has 0 aliphatic carbocycles. The Bertz CT molecular complexity index is 757. The van der Waals surface area contributed by atoms with Crippen molar-refractivity contribution in [1.29, 1.82) is 0 Å². The summed E-state index contributed by atoms with van der Waals surface area (Å²) in [7, 11) is 4.70. The molecule has 2 aromatic rings. The van der Waals surface area contributed by atoms with Crippen molar-refractivity contribution in [1.82, 2.24) is 0 Å². The third-order valence-electron chi connectivity index (χ3n) is 3.93. The minimum absolute atomic E-state index is 0.0938. The molecule has 0 radical (unpaired) electrons. The molecule has 1 aliphatic heterocycles. The highest BCUT2D eigenvalue weighted by Gasteiger charge is 2.46. The fourth-order valence-corrected chi connectivity index (χ4v) is 3.07. The maximum atomic E-state index is 12.7. The van der Waals surface area contributed by atoms with Gasteiger partial charge in [0.1, 0.15) is 11.9 Å². The van der Waals surface area contributed by atoms with Crippen LogP contribution in [0.1, 0.15) is 22.0 Å². The average Bonchev–Trinajstić information content (AvgIpc) is 3.41. The number of epoxide rings is 1. The number of ether oxygens (including phenoxy) is 4. The number of benzene rings is 2. The van der Waals surface area contributed by atoms with E-state index in [0.717, 1.165) is 11.3 Å². The monoisotopic (exact) mass is 392 g/mol. The van der Waals surface area contributed by atoms with E-state index in [1.165, 1.54) is 7.11 Å². The zero-order valence-electron chi connectivity index (χ0n) is 13.5. The van der Waals surface area contributed by atoms with Crippen molar-refractivity contribution in [3.05, 3.63) is 52.0 Å². The van der Waals surface area contributed by atoms with E-state index in [1.807, 2.05) is 24.3 Å². The molecule has 0 saturated carbocycles. The molecule has 0 aromatic heterocycles. The molecule has 3 rings (SSSR count). The summed E-state index contributed by atoms with van der Waals surface area (Å²) in [6, 6.07) is 10.9. The summed E-state index contributed by atoms with van der Waals surface area (Å²) in [4.78, 5) is 12.7. The summed E-state index contributed by atoms with van der Waals surface area (Å²) in [6.07, 6.45) is -0.726. The molecule has 0 spiro atoms. The van der Waals surface area contributed by atoms with E-state index in [0.29, 0.717) is 21.5 Å². The summed E-state index contributed by atoms with van der Waals surface area (Å²) in [5, 5.41) is 0. The molecule has 0 unspecified atom stereocenters. The van der Waals surface area contributed by atoms with Gasteiger partial charge in [0, 0.05) is 10.0 Å². The largest absolute Gasteiger partial charge is 0.497 e. The van der Waals surface area contributed by atoms with Gasteiger partial charge >= 0.3 is 0 Å². The van der Waals surface area contributed by atoms with Gasteiger partial charge in [-0.05, 0) is 45.8 Å². The van der Waals surface area contributed by atoms with Crippen molar-refractivity contribution in [3.8, 4) is 17.2 Å². The molecule has 24 heavy (non-hydrogen) atoms. The number of carbonyl (C=O) groups is 1. The van der Waals surface area contributed by atoms with E-state index in [-0.39, 0.29) is 11.9 Å². The molecular formula is C18H17BrO5. The molecule has 1 aliphatic rings. The third kappa shape index (κ3) is 3.12. The van der Waals surface area contributed by atoms with Crippen LogP contribution in [-0.4, -0.2) is 33.2 Å². The second-order valence-corrected chi connectivity index (χ2v) is 6.16. The lowest BCUT2D eigenvalue weighted by molar-refractivity contribution is 0.0952. The Balaban J connectivity index is 1.80. The van der Waals surface area contributed by atoms with Gasteiger partial charge in [-0.25, -0.2) is 0 Å². The quantitative estimate of drug-likeness (QED) is 0.552. The van der Waals surface area contributed by atoms with Crippen LogP contribution >= 0.6 is 15.9 Å². The number of methoxy groups -OCH3 is 3. The van der Waals surface area contributed by atoms with Crippen LogP contribution in [0.3, 0.4) is 0 Å². The first kappa shape index (κ1) is 16.8. The van der Waals surface area contributed by atoms with Gasteiger partial charge < -0.3 is 18.9 Å². The number of hydrogen-bond donors (Lipinski definition) is 0. The van der Waals surface area contributed by atoms with Crippen molar-refractivity contribution >= 4 is 21.7 Å². The molecule has 0 N–H and O–H groups in total. The second kappa shape index (κ2) is 6.83. The summed E-state index contributed by atoms with van der Waals surface area (Å²) < 4.78 is 21.9. The maximum Gasteiger partial charge on any atom is 0.195 e. The Hall–Kier alpha value is -2.05. The first-order chi connectivity index (χ1) is 11.6. The van der Waals surface area contributed by atoms with E-state index in [9.17, 15) is 4.79 Å². The van der Waals surface area contributed by atoms with Crippen LogP contribution in [0.25, 0.3) is 0 Å². The van der Waals surface area contributed by atoms with Crippen molar-refractivity contribution in [3.63, 3.8) is 0 Å². The average molecular weight is 393 g/mol. The van der Waals surface area contributed by atoms with Gasteiger partial charge in [-0.2, -0.15) is 0 Å². The van der Waals surface area contributed by atoms with Crippen LogP contribution in [0.5, 0.6) is 17.2 Å². The molecule has 0 bridgehead atoms. The molecule has 2 atom stereocenters. The highest BCUT2D eigenvalue weighted by molar-refractivity contribution is 9.10. The molecule has 1 heterocycles. The smallest absolute Gasteiger partial charge is 0.195 e. The first-order valence-corrected chi connectivity index (χ1v) is 8.13. The zero-order valence-corrected chi connectivity index (χ0v) is 15.1. The Labute approximate surface area is 148 Å². The Morgan fingerprint density at radius 1 is 1.00 bits per heavy atom. The molecule has 126 valence electrons. The minimum Gasteiger partial charge on any atom is -0.497 e. The Kier molecular flexibility index (Phi) is 4.78. The molecule has 6 heteroatoms. The Morgan fingerprint density at radius 2 is 1.62 bits per heavy atom. The molecule has 5 nitrogen and oxygen atoms in total. The van der Waals surface area contributed by atoms with Crippen LogP contribution in [-0.2, 0) is 4.74 Å². The Morgan fingerprint density at radius 3 is 2.21 bits per heavy atom. The summed E-state index contributed by atoms with van der Waals surface area (Å²) in [6.45, 7) is 0. The summed E-state index contributed by atoms with van der Waals surface area (Å²) in [5.74, 6) is 1.74. The third-order valence-corrected chi connectivity index (χ3v) is 4.59. The number of hydrogen-bond acceptors (Lipinski definition) is 5. The lowest BCUT2D eigenvalue weighted by atomic mass is 10.0. The molecular weight excluding hydrogens is 376 g/mol. The predicted molar refractivity (Wildman–Crippen MR) is 92.2 cm³/mol.